The molecule has 1 aromatic heterocycles. The van der Waals surface area contributed by atoms with Crippen LogP contribution >= 0.6 is 11.3 Å². The first kappa shape index (κ1) is 15.8. The second kappa shape index (κ2) is 6.69. The number of nitrogens with zero attached hydrogens (tertiary/aromatic N) is 1. The van der Waals surface area contributed by atoms with Gasteiger partial charge in [-0.25, -0.2) is 4.98 Å². The van der Waals surface area contributed by atoms with E-state index in [1.807, 2.05) is 53.9 Å². The molecule has 1 aliphatic rings. The van der Waals surface area contributed by atoms with E-state index < -0.39 is 0 Å². The van der Waals surface area contributed by atoms with Crippen LogP contribution in [0.4, 0.5) is 5.69 Å². The van der Waals surface area contributed by atoms with Crippen molar-refractivity contribution in [3.05, 3.63) is 53.9 Å². The standard InChI is InChI=1S/C20H18N2O2S/c1-24-18-8-3-2-7-16(18)17-12-25-20(22-17)14-5-4-6-15(11-14)21-19(23)13-9-10-13/h2-8,11-13H,9-10H2,1H3,(H,21,23). The molecular formula is C20H18N2O2S. The molecule has 0 atom stereocenters. The van der Waals surface area contributed by atoms with E-state index in [0.717, 1.165) is 46.1 Å². The Balaban J connectivity index is 1.60. The molecule has 0 aliphatic heterocycles. The normalized spacial score (nSPS) is 13.5. The lowest BCUT2D eigenvalue weighted by atomic mass is 10.1. The number of rotatable bonds is 5. The van der Waals surface area contributed by atoms with Crippen molar-refractivity contribution in [3.63, 3.8) is 0 Å². The summed E-state index contributed by atoms with van der Waals surface area (Å²) in [7, 11) is 1.66. The Kier molecular flexibility index (Phi) is 4.24. The third kappa shape index (κ3) is 3.42. The molecule has 0 bridgehead atoms. The van der Waals surface area contributed by atoms with Crippen molar-refractivity contribution in [2.45, 2.75) is 12.8 Å². The predicted molar refractivity (Wildman–Crippen MR) is 101 cm³/mol. The van der Waals surface area contributed by atoms with Crippen LogP contribution in [-0.4, -0.2) is 18.0 Å². The van der Waals surface area contributed by atoms with Crippen molar-refractivity contribution in [2.75, 3.05) is 12.4 Å². The maximum absolute atomic E-state index is 11.9. The monoisotopic (exact) mass is 350 g/mol. The molecule has 1 saturated carbocycles. The van der Waals surface area contributed by atoms with E-state index in [0.29, 0.717) is 0 Å². The summed E-state index contributed by atoms with van der Waals surface area (Å²) in [6.07, 6.45) is 2.00. The summed E-state index contributed by atoms with van der Waals surface area (Å²) in [5, 5.41) is 5.94. The largest absolute Gasteiger partial charge is 0.496 e. The third-order valence-corrected chi connectivity index (χ3v) is 5.10. The topological polar surface area (TPSA) is 51.2 Å². The van der Waals surface area contributed by atoms with E-state index in [9.17, 15) is 4.79 Å². The van der Waals surface area contributed by atoms with Gasteiger partial charge < -0.3 is 10.1 Å². The van der Waals surface area contributed by atoms with Gasteiger partial charge in [-0.2, -0.15) is 0 Å². The Morgan fingerprint density at radius 2 is 2.04 bits per heavy atom. The zero-order valence-corrected chi connectivity index (χ0v) is 14.7. The van der Waals surface area contributed by atoms with Gasteiger partial charge in [0.05, 0.1) is 12.8 Å². The van der Waals surface area contributed by atoms with Gasteiger partial charge >= 0.3 is 0 Å². The van der Waals surface area contributed by atoms with Crippen LogP contribution in [0.5, 0.6) is 5.75 Å². The second-order valence-electron chi connectivity index (χ2n) is 6.08. The molecule has 3 aromatic rings. The molecule has 1 heterocycles. The number of hydrogen-bond acceptors (Lipinski definition) is 4. The quantitative estimate of drug-likeness (QED) is 0.717. The van der Waals surface area contributed by atoms with Crippen LogP contribution in [-0.2, 0) is 4.79 Å². The molecule has 0 radical (unpaired) electrons. The summed E-state index contributed by atoms with van der Waals surface area (Å²) in [5.74, 6) is 1.12. The average Bonchev–Trinajstić information content (AvgIpc) is 3.39. The maximum Gasteiger partial charge on any atom is 0.227 e. The Bertz CT molecular complexity index is 915. The number of amides is 1. The summed E-state index contributed by atoms with van der Waals surface area (Å²) in [6, 6.07) is 15.7. The summed E-state index contributed by atoms with van der Waals surface area (Å²) in [6.45, 7) is 0. The van der Waals surface area contributed by atoms with E-state index in [-0.39, 0.29) is 11.8 Å². The van der Waals surface area contributed by atoms with Crippen molar-refractivity contribution in [1.82, 2.24) is 4.98 Å². The molecule has 4 nitrogen and oxygen atoms in total. The van der Waals surface area contributed by atoms with Crippen LogP contribution < -0.4 is 10.1 Å². The van der Waals surface area contributed by atoms with Gasteiger partial charge in [0.25, 0.3) is 0 Å². The van der Waals surface area contributed by atoms with E-state index in [1.165, 1.54) is 0 Å². The molecule has 1 amide bonds. The molecule has 0 unspecified atom stereocenters. The zero-order valence-electron chi connectivity index (χ0n) is 13.9. The zero-order chi connectivity index (χ0) is 17.2. The Hall–Kier alpha value is -2.66. The Morgan fingerprint density at radius 1 is 1.20 bits per heavy atom. The van der Waals surface area contributed by atoms with Gasteiger partial charge in [0, 0.05) is 28.1 Å². The fourth-order valence-electron chi connectivity index (χ4n) is 2.71. The second-order valence-corrected chi connectivity index (χ2v) is 6.94. The van der Waals surface area contributed by atoms with Crippen molar-refractivity contribution >= 4 is 22.9 Å². The van der Waals surface area contributed by atoms with Gasteiger partial charge in [-0.05, 0) is 37.1 Å². The Labute approximate surface area is 150 Å². The van der Waals surface area contributed by atoms with Gasteiger partial charge in [0.15, 0.2) is 0 Å². The third-order valence-electron chi connectivity index (χ3n) is 4.21. The predicted octanol–water partition coefficient (Wildman–Crippen LogP) is 4.83. The van der Waals surface area contributed by atoms with Gasteiger partial charge in [-0.1, -0.05) is 24.3 Å². The van der Waals surface area contributed by atoms with Crippen LogP contribution in [0, 0.1) is 5.92 Å². The number of benzene rings is 2. The summed E-state index contributed by atoms with van der Waals surface area (Å²) in [5.41, 5.74) is 3.69. The average molecular weight is 350 g/mol. The lowest BCUT2D eigenvalue weighted by Gasteiger charge is -2.06. The molecule has 0 saturated heterocycles. The lowest BCUT2D eigenvalue weighted by Crippen LogP contribution is -2.13. The number of nitrogens with one attached hydrogen (secondary N) is 1. The first-order valence-corrected chi connectivity index (χ1v) is 9.13. The van der Waals surface area contributed by atoms with E-state index in [4.69, 9.17) is 9.72 Å². The highest BCUT2D eigenvalue weighted by Gasteiger charge is 2.29. The van der Waals surface area contributed by atoms with Crippen LogP contribution in [0.1, 0.15) is 12.8 Å². The van der Waals surface area contributed by atoms with Gasteiger partial charge in [0.1, 0.15) is 10.8 Å². The van der Waals surface area contributed by atoms with Crippen LogP contribution in [0.2, 0.25) is 0 Å². The highest BCUT2D eigenvalue weighted by Crippen LogP contribution is 2.35. The van der Waals surface area contributed by atoms with Crippen molar-refractivity contribution in [2.24, 2.45) is 5.92 Å². The van der Waals surface area contributed by atoms with Gasteiger partial charge in [-0.3, -0.25) is 4.79 Å². The van der Waals surface area contributed by atoms with E-state index in [1.54, 1.807) is 18.4 Å². The highest BCUT2D eigenvalue weighted by atomic mass is 32.1. The smallest absolute Gasteiger partial charge is 0.227 e. The fourth-order valence-corrected chi connectivity index (χ4v) is 3.52. The number of ether oxygens (including phenoxy) is 1. The number of aromatic nitrogens is 1. The Morgan fingerprint density at radius 3 is 2.84 bits per heavy atom. The summed E-state index contributed by atoms with van der Waals surface area (Å²) >= 11 is 1.58. The first-order valence-electron chi connectivity index (χ1n) is 8.25. The van der Waals surface area contributed by atoms with Crippen molar-refractivity contribution in [3.8, 4) is 27.6 Å². The molecule has 1 aliphatic carbocycles. The lowest BCUT2D eigenvalue weighted by molar-refractivity contribution is -0.117. The number of thiazole rings is 1. The number of methoxy groups -OCH3 is 1. The van der Waals surface area contributed by atoms with Crippen LogP contribution in [0.15, 0.2) is 53.9 Å². The van der Waals surface area contributed by atoms with Crippen LogP contribution in [0.3, 0.4) is 0 Å². The first-order chi connectivity index (χ1) is 12.2. The van der Waals surface area contributed by atoms with E-state index in [2.05, 4.69) is 5.32 Å². The molecule has 1 N–H and O–H groups in total. The number of anilines is 1. The summed E-state index contributed by atoms with van der Waals surface area (Å²) < 4.78 is 5.42. The minimum Gasteiger partial charge on any atom is -0.496 e. The van der Waals surface area contributed by atoms with Crippen molar-refractivity contribution in [1.29, 1.82) is 0 Å². The molecular weight excluding hydrogens is 332 g/mol. The SMILES string of the molecule is COc1ccccc1-c1csc(-c2cccc(NC(=O)C3CC3)c2)n1. The molecule has 25 heavy (non-hydrogen) atoms. The number of carbonyl (C=O) groups is 1. The van der Waals surface area contributed by atoms with Gasteiger partial charge in [0.2, 0.25) is 5.91 Å². The minimum absolute atomic E-state index is 0.117. The van der Waals surface area contributed by atoms with Crippen molar-refractivity contribution < 1.29 is 9.53 Å². The number of hydrogen-bond donors (Lipinski definition) is 1. The summed E-state index contributed by atoms with van der Waals surface area (Å²) in [4.78, 5) is 16.7. The van der Waals surface area contributed by atoms with Crippen LogP contribution in [0.25, 0.3) is 21.8 Å². The molecule has 2 aromatic carbocycles. The number of carbonyl (C=O) groups excluding carboxylic acids is 1. The molecule has 5 heteroatoms. The molecule has 126 valence electrons. The van der Waals surface area contributed by atoms with Gasteiger partial charge in [-0.15, -0.1) is 11.3 Å². The number of para-hydroxylation sites is 1. The minimum atomic E-state index is 0.117. The maximum atomic E-state index is 11.9. The fraction of sp³-hybridized carbons (Fsp3) is 0.200. The highest BCUT2D eigenvalue weighted by molar-refractivity contribution is 7.13. The molecule has 1 fully saturated rings. The molecule has 0 spiro atoms. The van der Waals surface area contributed by atoms with E-state index >= 15 is 0 Å². The molecule has 4 rings (SSSR count).